The molecular formula is C13H28ClNO3. The van der Waals surface area contributed by atoms with Crippen molar-refractivity contribution >= 4 is 18.4 Å². The van der Waals surface area contributed by atoms with E-state index in [1.54, 1.807) is 7.11 Å². The topological polar surface area (TPSA) is 61.5 Å². The maximum absolute atomic E-state index is 11.5. The van der Waals surface area contributed by atoms with E-state index >= 15 is 0 Å². The number of carbonyl (C=O) groups is 1. The second-order valence-corrected chi connectivity index (χ2v) is 4.86. The lowest BCUT2D eigenvalue weighted by Gasteiger charge is -2.16. The van der Waals surface area contributed by atoms with E-state index in [0.717, 1.165) is 25.9 Å². The first-order valence-electron chi connectivity index (χ1n) is 6.44. The van der Waals surface area contributed by atoms with E-state index < -0.39 is 0 Å². The van der Waals surface area contributed by atoms with Crippen molar-refractivity contribution in [2.75, 3.05) is 26.9 Å². The van der Waals surface area contributed by atoms with Gasteiger partial charge in [0.25, 0.3) is 0 Å². The summed E-state index contributed by atoms with van der Waals surface area (Å²) >= 11 is 0. The molecule has 0 bridgehead atoms. The molecule has 0 aliphatic rings. The molecule has 0 aliphatic carbocycles. The number of hydrogen-bond donors (Lipinski definition) is 1. The maximum atomic E-state index is 11.5. The first-order valence-corrected chi connectivity index (χ1v) is 6.44. The molecule has 0 radical (unpaired) electrons. The largest absolute Gasteiger partial charge is 0.466 e. The van der Waals surface area contributed by atoms with Gasteiger partial charge in [0.15, 0.2) is 0 Å². The van der Waals surface area contributed by atoms with Crippen LogP contribution in [0.4, 0.5) is 0 Å². The van der Waals surface area contributed by atoms with Gasteiger partial charge < -0.3 is 15.2 Å². The molecule has 1 atom stereocenters. The summed E-state index contributed by atoms with van der Waals surface area (Å²) in [5, 5.41) is 0. The van der Waals surface area contributed by atoms with Gasteiger partial charge in [-0.05, 0) is 37.6 Å². The van der Waals surface area contributed by atoms with Crippen LogP contribution >= 0.6 is 12.4 Å². The second kappa shape index (κ2) is 13.1. The van der Waals surface area contributed by atoms with Crippen molar-refractivity contribution < 1.29 is 14.3 Å². The first-order chi connectivity index (χ1) is 8.10. The Balaban J connectivity index is 0. The summed E-state index contributed by atoms with van der Waals surface area (Å²) in [6.07, 6.45) is 3.21. The molecule has 4 nitrogen and oxygen atoms in total. The molecule has 0 fully saturated rings. The number of ether oxygens (including phenoxy) is 2. The third-order valence-corrected chi connectivity index (χ3v) is 2.60. The fourth-order valence-corrected chi connectivity index (χ4v) is 1.76. The van der Waals surface area contributed by atoms with Gasteiger partial charge in [0.2, 0.25) is 0 Å². The molecule has 2 N–H and O–H groups in total. The highest BCUT2D eigenvalue weighted by Crippen LogP contribution is 2.14. The second-order valence-electron chi connectivity index (χ2n) is 4.86. The minimum absolute atomic E-state index is 0. The van der Waals surface area contributed by atoms with Crippen LogP contribution in [0.25, 0.3) is 0 Å². The Morgan fingerprint density at radius 2 is 1.83 bits per heavy atom. The zero-order chi connectivity index (χ0) is 13.1. The molecule has 110 valence electrons. The van der Waals surface area contributed by atoms with Crippen LogP contribution in [0.2, 0.25) is 0 Å². The summed E-state index contributed by atoms with van der Waals surface area (Å²) < 4.78 is 10.1. The van der Waals surface area contributed by atoms with Crippen LogP contribution in [-0.2, 0) is 14.3 Å². The minimum Gasteiger partial charge on any atom is -0.466 e. The van der Waals surface area contributed by atoms with Crippen molar-refractivity contribution in [2.45, 2.75) is 39.5 Å². The van der Waals surface area contributed by atoms with Crippen molar-refractivity contribution in [3.05, 3.63) is 0 Å². The summed E-state index contributed by atoms with van der Waals surface area (Å²) in [7, 11) is 1.67. The standard InChI is InChI=1S/C13H27NO3.ClH/c1-11(2)8-12(10-14)9-13(15)17-7-5-4-6-16-3;/h11-12H,4-10,14H2,1-3H3;1H/t12-;/m0./s1. The summed E-state index contributed by atoms with van der Waals surface area (Å²) in [6, 6.07) is 0. The normalized spacial score (nSPS) is 12.1. The van der Waals surface area contributed by atoms with E-state index in [9.17, 15) is 4.79 Å². The molecule has 0 saturated carbocycles. The van der Waals surface area contributed by atoms with Gasteiger partial charge in [0, 0.05) is 20.1 Å². The van der Waals surface area contributed by atoms with Gasteiger partial charge in [-0.2, -0.15) is 0 Å². The van der Waals surface area contributed by atoms with Gasteiger partial charge in [0.1, 0.15) is 0 Å². The van der Waals surface area contributed by atoms with E-state index in [2.05, 4.69) is 13.8 Å². The number of hydrogen-bond acceptors (Lipinski definition) is 4. The number of nitrogens with two attached hydrogens (primary N) is 1. The van der Waals surface area contributed by atoms with Gasteiger partial charge in [-0.3, -0.25) is 4.79 Å². The first kappa shape index (κ1) is 20.0. The monoisotopic (exact) mass is 281 g/mol. The van der Waals surface area contributed by atoms with Gasteiger partial charge in [-0.15, -0.1) is 12.4 Å². The quantitative estimate of drug-likeness (QED) is 0.493. The molecule has 18 heavy (non-hydrogen) atoms. The number of halogens is 1. The smallest absolute Gasteiger partial charge is 0.306 e. The van der Waals surface area contributed by atoms with Gasteiger partial charge in [0.05, 0.1) is 6.61 Å². The fraction of sp³-hybridized carbons (Fsp3) is 0.923. The Morgan fingerprint density at radius 3 is 2.33 bits per heavy atom. The summed E-state index contributed by atoms with van der Waals surface area (Å²) in [5.74, 6) is 0.693. The van der Waals surface area contributed by atoms with E-state index in [1.165, 1.54) is 0 Å². The van der Waals surface area contributed by atoms with Gasteiger partial charge >= 0.3 is 5.97 Å². The number of methoxy groups -OCH3 is 1. The summed E-state index contributed by atoms with van der Waals surface area (Å²) in [6.45, 7) is 6.03. The molecule has 5 heteroatoms. The Kier molecular flexibility index (Phi) is 14.6. The van der Waals surface area contributed by atoms with Crippen LogP contribution < -0.4 is 5.73 Å². The molecule has 0 aliphatic heterocycles. The summed E-state index contributed by atoms with van der Waals surface area (Å²) in [5.41, 5.74) is 5.64. The van der Waals surface area contributed by atoms with E-state index in [-0.39, 0.29) is 24.3 Å². The Labute approximate surface area is 117 Å². The minimum atomic E-state index is -0.126. The van der Waals surface area contributed by atoms with Crippen molar-refractivity contribution in [3.8, 4) is 0 Å². The zero-order valence-corrected chi connectivity index (χ0v) is 12.6. The van der Waals surface area contributed by atoms with Crippen LogP contribution in [0.1, 0.15) is 39.5 Å². The number of rotatable bonds is 10. The maximum Gasteiger partial charge on any atom is 0.306 e. The Morgan fingerprint density at radius 1 is 1.22 bits per heavy atom. The lowest BCUT2D eigenvalue weighted by atomic mass is 9.94. The van der Waals surface area contributed by atoms with E-state index in [0.29, 0.717) is 25.5 Å². The van der Waals surface area contributed by atoms with Crippen molar-refractivity contribution in [1.82, 2.24) is 0 Å². The molecule has 0 saturated heterocycles. The van der Waals surface area contributed by atoms with Crippen LogP contribution in [0.3, 0.4) is 0 Å². The zero-order valence-electron chi connectivity index (χ0n) is 11.8. The van der Waals surface area contributed by atoms with Crippen LogP contribution in [-0.4, -0.2) is 32.8 Å². The highest BCUT2D eigenvalue weighted by atomic mass is 35.5. The fourth-order valence-electron chi connectivity index (χ4n) is 1.76. The van der Waals surface area contributed by atoms with E-state index in [1.807, 2.05) is 0 Å². The average molecular weight is 282 g/mol. The Bertz CT molecular complexity index is 201. The molecule has 0 aromatic rings. The number of esters is 1. The molecule has 0 spiro atoms. The highest BCUT2D eigenvalue weighted by Gasteiger charge is 2.14. The average Bonchev–Trinajstić information content (AvgIpc) is 2.27. The highest BCUT2D eigenvalue weighted by molar-refractivity contribution is 5.85. The van der Waals surface area contributed by atoms with E-state index in [4.69, 9.17) is 15.2 Å². The molecule has 0 unspecified atom stereocenters. The lowest BCUT2D eigenvalue weighted by molar-refractivity contribution is -0.145. The van der Waals surface area contributed by atoms with Crippen LogP contribution in [0.15, 0.2) is 0 Å². The molecular weight excluding hydrogens is 254 g/mol. The number of unbranched alkanes of at least 4 members (excludes halogenated alkanes) is 1. The lowest BCUT2D eigenvalue weighted by Crippen LogP contribution is -2.21. The predicted molar refractivity (Wildman–Crippen MR) is 75.9 cm³/mol. The Hall–Kier alpha value is -0.320. The SMILES string of the molecule is COCCCCOC(=O)C[C@@H](CN)CC(C)C.Cl. The number of carbonyl (C=O) groups excluding carboxylic acids is 1. The summed E-state index contributed by atoms with van der Waals surface area (Å²) in [4.78, 5) is 11.5. The van der Waals surface area contributed by atoms with Crippen molar-refractivity contribution in [1.29, 1.82) is 0 Å². The molecule has 0 aromatic carbocycles. The van der Waals surface area contributed by atoms with Crippen molar-refractivity contribution in [3.63, 3.8) is 0 Å². The van der Waals surface area contributed by atoms with Crippen molar-refractivity contribution in [2.24, 2.45) is 17.6 Å². The molecule has 0 rings (SSSR count). The van der Waals surface area contributed by atoms with Gasteiger partial charge in [-0.1, -0.05) is 13.8 Å². The molecule has 0 aromatic heterocycles. The van der Waals surface area contributed by atoms with Crippen LogP contribution in [0.5, 0.6) is 0 Å². The van der Waals surface area contributed by atoms with Crippen LogP contribution in [0, 0.1) is 11.8 Å². The molecule has 0 amide bonds. The molecule has 0 heterocycles. The van der Waals surface area contributed by atoms with Gasteiger partial charge in [-0.25, -0.2) is 0 Å². The third-order valence-electron chi connectivity index (χ3n) is 2.60. The third kappa shape index (κ3) is 12.1. The predicted octanol–water partition coefficient (Wildman–Crippen LogP) is 2.39.